The molecule has 0 spiro atoms. The first-order valence-electron chi connectivity index (χ1n) is 9.31. The number of aryl methyl sites for hydroxylation is 1. The van der Waals surface area contributed by atoms with Crippen molar-refractivity contribution in [2.45, 2.75) is 39.4 Å². The summed E-state index contributed by atoms with van der Waals surface area (Å²) < 4.78 is 5.26. The van der Waals surface area contributed by atoms with Gasteiger partial charge in [-0.15, -0.1) is 0 Å². The fourth-order valence-corrected chi connectivity index (χ4v) is 2.98. The van der Waals surface area contributed by atoms with E-state index in [1.165, 1.54) is 11.1 Å². The first-order valence-corrected chi connectivity index (χ1v) is 9.31. The van der Waals surface area contributed by atoms with Gasteiger partial charge in [-0.05, 0) is 41.8 Å². The van der Waals surface area contributed by atoms with Crippen LogP contribution in [0.15, 0.2) is 61.2 Å². The Labute approximate surface area is 161 Å². The summed E-state index contributed by atoms with van der Waals surface area (Å²) in [4.78, 5) is 15.5. The monoisotopic (exact) mass is 362 g/mol. The average Bonchev–Trinajstić information content (AvgIpc) is 2.71. The molecular formula is C22H26N4O. The summed E-state index contributed by atoms with van der Waals surface area (Å²) in [6.45, 7) is 4.61. The summed E-state index contributed by atoms with van der Waals surface area (Å²) in [5, 5.41) is 0. The number of ether oxygens (including phenoxy) is 1. The zero-order chi connectivity index (χ0) is 18.9. The van der Waals surface area contributed by atoms with Crippen molar-refractivity contribution < 1.29 is 4.74 Å². The van der Waals surface area contributed by atoms with Gasteiger partial charge < -0.3 is 4.74 Å². The lowest BCUT2D eigenvalue weighted by atomic mass is 10.1. The molecule has 0 amide bonds. The number of hydrogen-bond donors (Lipinski definition) is 0. The molecule has 0 atom stereocenters. The van der Waals surface area contributed by atoms with Gasteiger partial charge in [-0.2, -0.15) is 0 Å². The van der Waals surface area contributed by atoms with E-state index in [-0.39, 0.29) is 0 Å². The van der Waals surface area contributed by atoms with Crippen LogP contribution < -0.4 is 4.74 Å². The van der Waals surface area contributed by atoms with Gasteiger partial charge in [0.1, 0.15) is 11.6 Å². The maximum atomic E-state index is 5.26. The standard InChI is InChI=1S/C22H26N4O/c1-3-4-22-24-13-20(14-25-22)17-26(16-19-9-11-23-12-10-19)15-18-5-7-21(27-2)8-6-18/h5-14H,3-4,15-17H2,1-2H3. The van der Waals surface area contributed by atoms with Gasteiger partial charge in [0.2, 0.25) is 0 Å². The lowest BCUT2D eigenvalue weighted by Gasteiger charge is -2.22. The molecule has 0 radical (unpaired) electrons. The first kappa shape index (κ1) is 19.0. The van der Waals surface area contributed by atoms with Crippen LogP contribution in [-0.4, -0.2) is 27.0 Å². The minimum atomic E-state index is 0.792. The zero-order valence-corrected chi connectivity index (χ0v) is 16.0. The number of hydrogen-bond acceptors (Lipinski definition) is 5. The van der Waals surface area contributed by atoms with Gasteiger partial charge in [0.25, 0.3) is 0 Å². The Morgan fingerprint density at radius 2 is 1.41 bits per heavy atom. The minimum absolute atomic E-state index is 0.792. The van der Waals surface area contributed by atoms with Crippen LogP contribution in [0.1, 0.15) is 35.9 Å². The Kier molecular flexibility index (Phi) is 6.88. The summed E-state index contributed by atoms with van der Waals surface area (Å²) in [7, 11) is 1.69. The third-order valence-electron chi connectivity index (χ3n) is 4.36. The van der Waals surface area contributed by atoms with Gasteiger partial charge in [-0.25, -0.2) is 9.97 Å². The van der Waals surface area contributed by atoms with Gasteiger partial charge in [0, 0.05) is 56.4 Å². The SMILES string of the molecule is CCCc1ncc(CN(Cc2ccncc2)Cc2ccc(OC)cc2)cn1. The minimum Gasteiger partial charge on any atom is -0.497 e. The number of pyridine rings is 1. The second-order valence-electron chi connectivity index (χ2n) is 6.61. The molecule has 0 saturated heterocycles. The van der Waals surface area contributed by atoms with Crippen molar-refractivity contribution in [1.82, 2.24) is 19.9 Å². The number of rotatable bonds is 9. The predicted molar refractivity (Wildman–Crippen MR) is 106 cm³/mol. The van der Waals surface area contributed by atoms with E-state index < -0.39 is 0 Å². The van der Waals surface area contributed by atoms with Crippen LogP contribution in [0.2, 0.25) is 0 Å². The number of nitrogens with zero attached hydrogens (tertiary/aromatic N) is 4. The van der Waals surface area contributed by atoms with Crippen LogP contribution in [0.25, 0.3) is 0 Å². The molecular weight excluding hydrogens is 336 g/mol. The van der Waals surface area contributed by atoms with Crippen molar-refractivity contribution in [2.75, 3.05) is 7.11 Å². The largest absolute Gasteiger partial charge is 0.497 e. The Morgan fingerprint density at radius 1 is 0.815 bits per heavy atom. The molecule has 0 aliphatic carbocycles. The van der Waals surface area contributed by atoms with Crippen LogP contribution in [0, 0.1) is 0 Å². The third-order valence-corrected chi connectivity index (χ3v) is 4.36. The Hall–Kier alpha value is -2.79. The first-order chi connectivity index (χ1) is 13.3. The van der Waals surface area contributed by atoms with Crippen molar-refractivity contribution in [3.05, 3.63) is 83.7 Å². The van der Waals surface area contributed by atoms with E-state index in [0.29, 0.717) is 0 Å². The van der Waals surface area contributed by atoms with Gasteiger partial charge in [-0.3, -0.25) is 9.88 Å². The summed E-state index contributed by atoms with van der Waals surface area (Å²) in [6.07, 6.45) is 9.56. The van der Waals surface area contributed by atoms with Gasteiger partial charge >= 0.3 is 0 Å². The van der Waals surface area contributed by atoms with Crippen LogP contribution in [0.3, 0.4) is 0 Å². The molecule has 0 bridgehead atoms. The quantitative estimate of drug-likeness (QED) is 0.575. The molecule has 5 heteroatoms. The maximum absolute atomic E-state index is 5.26. The van der Waals surface area contributed by atoms with Crippen molar-refractivity contribution in [1.29, 1.82) is 0 Å². The molecule has 3 rings (SSSR count). The molecule has 0 saturated carbocycles. The van der Waals surface area contributed by atoms with E-state index >= 15 is 0 Å². The summed E-state index contributed by atoms with van der Waals surface area (Å²) in [5.41, 5.74) is 3.60. The molecule has 140 valence electrons. The molecule has 0 N–H and O–H groups in total. The Morgan fingerprint density at radius 3 is 2.00 bits per heavy atom. The highest BCUT2D eigenvalue weighted by atomic mass is 16.5. The van der Waals surface area contributed by atoms with Gasteiger partial charge in [0.15, 0.2) is 0 Å². The van der Waals surface area contributed by atoms with Crippen molar-refractivity contribution in [3.63, 3.8) is 0 Å². The molecule has 0 aliphatic rings. The van der Waals surface area contributed by atoms with E-state index in [1.807, 2.05) is 36.9 Å². The lowest BCUT2D eigenvalue weighted by molar-refractivity contribution is 0.247. The molecule has 0 unspecified atom stereocenters. The second kappa shape index (κ2) is 9.78. The summed E-state index contributed by atoms with van der Waals surface area (Å²) >= 11 is 0. The van der Waals surface area contributed by atoms with E-state index in [1.54, 1.807) is 7.11 Å². The fraction of sp³-hybridized carbons (Fsp3) is 0.318. The molecule has 3 aromatic rings. The summed E-state index contributed by atoms with van der Waals surface area (Å²) in [5.74, 6) is 1.79. The number of methoxy groups -OCH3 is 1. The molecule has 1 aromatic carbocycles. The highest BCUT2D eigenvalue weighted by molar-refractivity contribution is 5.27. The van der Waals surface area contributed by atoms with Gasteiger partial charge in [-0.1, -0.05) is 19.1 Å². The number of aromatic nitrogens is 3. The normalized spacial score (nSPS) is 10.9. The van der Waals surface area contributed by atoms with Crippen LogP contribution in [-0.2, 0) is 26.1 Å². The van der Waals surface area contributed by atoms with Crippen LogP contribution in [0.4, 0.5) is 0 Å². The van der Waals surface area contributed by atoms with Crippen molar-refractivity contribution in [2.24, 2.45) is 0 Å². The Bertz CT molecular complexity index is 804. The molecule has 27 heavy (non-hydrogen) atoms. The van der Waals surface area contributed by atoms with E-state index in [4.69, 9.17) is 4.74 Å². The third kappa shape index (κ3) is 5.86. The molecule has 0 aliphatic heterocycles. The topological polar surface area (TPSA) is 51.1 Å². The van der Waals surface area contributed by atoms with Crippen LogP contribution >= 0.6 is 0 Å². The zero-order valence-electron chi connectivity index (χ0n) is 16.0. The fourth-order valence-electron chi connectivity index (χ4n) is 2.98. The Balaban J connectivity index is 1.73. The summed E-state index contributed by atoms with van der Waals surface area (Å²) in [6, 6.07) is 12.3. The molecule has 2 heterocycles. The smallest absolute Gasteiger partial charge is 0.128 e. The van der Waals surface area contributed by atoms with E-state index in [2.05, 4.69) is 51.0 Å². The maximum Gasteiger partial charge on any atom is 0.128 e. The van der Waals surface area contributed by atoms with Gasteiger partial charge in [0.05, 0.1) is 7.11 Å². The van der Waals surface area contributed by atoms with Crippen molar-refractivity contribution >= 4 is 0 Å². The molecule has 2 aromatic heterocycles. The lowest BCUT2D eigenvalue weighted by Crippen LogP contribution is -2.22. The van der Waals surface area contributed by atoms with E-state index in [9.17, 15) is 0 Å². The molecule has 0 fully saturated rings. The highest BCUT2D eigenvalue weighted by Crippen LogP contribution is 2.16. The predicted octanol–water partition coefficient (Wildman–Crippen LogP) is 4.04. The number of benzene rings is 1. The highest BCUT2D eigenvalue weighted by Gasteiger charge is 2.10. The molecule has 5 nitrogen and oxygen atoms in total. The van der Waals surface area contributed by atoms with Crippen LogP contribution in [0.5, 0.6) is 5.75 Å². The second-order valence-corrected chi connectivity index (χ2v) is 6.61. The van der Waals surface area contributed by atoms with Crippen molar-refractivity contribution in [3.8, 4) is 5.75 Å². The average molecular weight is 362 g/mol. The van der Waals surface area contributed by atoms with E-state index in [0.717, 1.165) is 49.6 Å².